The molecule has 3 aliphatic rings. The number of hydrogen-bond donors (Lipinski definition) is 0. The average molecular weight is 383 g/mol. The summed E-state index contributed by atoms with van der Waals surface area (Å²) in [5.41, 5.74) is 0.721. The molecule has 1 unspecified atom stereocenters. The summed E-state index contributed by atoms with van der Waals surface area (Å²) in [5, 5.41) is 0. The van der Waals surface area contributed by atoms with Crippen molar-refractivity contribution in [3.05, 3.63) is 35.9 Å². The number of likely N-dealkylation sites (tertiary alicyclic amines) is 1. The van der Waals surface area contributed by atoms with Gasteiger partial charge in [-0.1, -0.05) is 36.8 Å². The van der Waals surface area contributed by atoms with Gasteiger partial charge < -0.3 is 9.64 Å². The van der Waals surface area contributed by atoms with E-state index in [-0.39, 0.29) is 29.6 Å². The number of Topliss-reactive ketones (excluding diaryl/α,β-unsaturated/α-hetero) is 1. The molecule has 1 aliphatic heterocycles. The highest BCUT2D eigenvalue weighted by Gasteiger charge is 2.43. The van der Waals surface area contributed by atoms with Gasteiger partial charge in [0, 0.05) is 30.5 Å². The van der Waals surface area contributed by atoms with Crippen LogP contribution in [0.15, 0.2) is 30.3 Å². The number of amides is 1. The molecule has 1 aromatic rings. The molecule has 3 fully saturated rings. The maximum absolute atomic E-state index is 13.2. The fraction of sp³-hybridized carbons (Fsp3) is 0.609. The lowest BCUT2D eigenvalue weighted by atomic mass is 9.67. The molecule has 1 aromatic carbocycles. The first-order valence-corrected chi connectivity index (χ1v) is 10.7. The van der Waals surface area contributed by atoms with E-state index in [9.17, 15) is 14.4 Å². The lowest BCUT2D eigenvalue weighted by Gasteiger charge is -2.37. The van der Waals surface area contributed by atoms with Crippen LogP contribution < -0.4 is 0 Å². The molecule has 4 atom stereocenters. The zero-order valence-corrected chi connectivity index (χ0v) is 16.3. The third kappa shape index (κ3) is 3.98. The van der Waals surface area contributed by atoms with Crippen LogP contribution in [0, 0.1) is 17.8 Å². The van der Waals surface area contributed by atoms with Gasteiger partial charge in [-0.25, -0.2) is 0 Å². The Morgan fingerprint density at radius 3 is 2.21 bits per heavy atom. The first kappa shape index (κ1) is 19.2. The van der Waals surface area contributed by atoms with E-state index in [1.807, 2.05) is 35.2 Å². The number of benzene rings is 1. The van der Waals surface area contributed by atoms with Crippen LogP contribution >= 0.6 is 0 Å². The second-order valence-electron chi connectivity index (χ2n) is 8.51. The van der Waals surface area contributed by atoms with Gasteiger partial charge in [0.2, 0.25) is 6.10 Å². The number of fused-ring (bicyclic) bond motifs is 2. The summed E-state index contributed by atoms with van der Waals surface area (Å²) in [5.74, 6) is -0.376. The minimum atomic E-state index is -0.885. The van der Waals surface area contributed by atoms with Crippen molar-refractivity contribution in [2.45, 2.75) is 57.5 Å². The molecular formula is C23H29NO4. The van der Waals surface area contributed by atoms with Crippen LogP contribution in [-0.4, -0.2) is 35.6 Å². The first-order chi connectivity index (χ1) is 13.6. The minimum Gasteiger partial charge on any atom is -0.447 e. The van der Waals surface area contributed by atoms with Crippen molar-refractivity contribution < 1.29 is 19.1 Å². The summed E-state index contributed by atoms with van der Waals surface area (Å²) in [6.45, 7) is 1.45. The van der Waals surface area contributed by atoms with Gasteiger partial charge >= 0.3 is 5.97 Å². The van der Waals surface area contributed by atoms with Gasteiger partial charge in [0.15, 0.2) is 0 Å². The lowest BCUT2D eigenvalue weighted by Crippen LogP contribution is -2.42. The Hall–Kier alpha value is -2.17. The Bertz CT molecular complexity index is 709. The molecule has 28 heavy (non-hydrogen) atoms. The predicted molar refractivity (Wildman–Crippen MR) is 104 cm³/mol. The maximum atomic E-state index is 13.2. The third-order valence-electron chi connectivity index (χ3n) is 6.61. The summed E-state index contributed by atoms with van der Waals surface area (Å²) in [4.78, 5) is 40.3. The zero-order chi connectivity index (χ0) is 19.5. The number of piperidine rings is 1. The van der Waals surface area contributed by atoms with E-state index in [0.29, 0.717) is 18.6 Å². The number of ether oxygens (including phenoxy) is 1. The molecule has 0 N–H and O–H groups in total. The second kappa shape index (κ2) is 8.46. The fourth-order valence-corrected chi connectivity index (χ4v) is 5.05. The van der Waals surface area contributed by atoms with Crippen molar-refractivity contribution >= 4 is 17.7 Å². The summed E-state index contributed by atoms with van der Waals surface area (Å²) >= 11 is 0. The zero-order valence-electron chi connectivity index (χ0n) is 16.3. The number of ketones is 1. The third-order valence-corrected chi connectivity index (χ3v) is 6.61. The molecule has 0 spiro atoms. The number of esters is 1. The Morgan fingerprint density at radius 1 is 0.929 bits per heavy atom. The number of rotatable bonds is 4. The van der Waals surface area contributed by atoms with E-state index < -0.39 is 6.10 Å². The molecule has 2 aliphatic carbocycles. The van der Waals surface area contributed by atoms with Crippen molar-refractivity contribution in [2.24, 2.45) is 17.8 Å². The topological polar surface area (TPSA) is 63.7 Å². The predicted octanol–water partition coefficient (Wildman–Crippen LogP) is 3.68. The van der Waals surface area contributed by atoms with Gasteiger partial charge in [0.25, 0.3) is 5.91 Å². The van der Waals surface area contributed by atoms with Gasteiger partial charge in [0.1, 0.15) is 5.78 Å². The van der Waals surface area contributed by atoms with Crippen LogP contribution in [0.2, 0.25) is 0 Å². The molecule has 4 rings (SSSR count). The van der Waals surface area contributed by atoms with E-state index in [4.69, 9.17) is 4.74 Å². The molecule has 1 heterocycles. The largest absolute Gasteiger partial charge is 0.447 e. The number of carbonyl (C=O) groups is 3. The molecular weight excluding hydrogens is 354 g/mol. The van der Waals surface area contributed by atoms with Gasteiger partial charge in [-0.2, -0.15) is 0 Å². The SMILES string of the molecule is O=C(O[C@@H](C(=O)N1CCCCC1)c1ccccc1)C1C[C@H]2CCC[C@@H](C1)C2=O. The highest BCUT2D eigenvalue weighted by Crippen LogP contribution is 2.41. The smallest absolute Gasteiger partial charge is 0.310 e. The lowest BCUT2D eigenvalue weighted by molar-refractivity contribution is -0.167. The highest BCUT2D eigenvalue weighted by atomic mass is 16.5. The van der Waals surface area contributed by atoms with Crippen molar-refractivity contribution in [1.29, 1.82) is 0 Å². The summed E-state index contributed by atoms with van der Waals surface area (Å²) in [6, 6.07) is 9.31. The van der Waals surface area contributed by atoms with Crippen molar-refractivity contribution in [1.82, 2.24) is 4.90 Å². The monoisotopic (exact) mass is 383 g/mol. The number of nitrogens with zero attached hydrogens (tertiary/aromatic N) is 1. The Morgan fingerprint density at radius 2 is 1.57 bits per heavy atom. The van der Waals surface area contributed by atoms with E-state index in [0.717, 1.165) is 57.2 Å². The Labute approximate surface area is 166 Å². The van der Waals surface area contributed by atoms with Crippen LogP contribution in [0.4, 0.5) is 0 Å². The molecule has 5 heteroatoms. The molecule has 0 radical (unpaired) electrons. The van der Waals surface area contributed by atoms with E-state index in [2.05, 4.69) is 0 Å². The maximum Gasteiger partial charge on any atom is 0.310 e. The van der Waals surface area contributed by atoms with Crippen LogP contribution in [0.3, 0.4) is 0 Å². The molecule has 5 nitrogen and oxygen atoms in total. The minimum absolute atomic E-state index is 0.00183. The summed E-state index contributed by atoms with van der Waals surface area (Å²) < 4.78 is 5.85. The van der Waals surface area contributed by atoms with Gasteiger partial charge in [-0.05, 0) is 44.9 Å². The average Bonchev–Trinajstić information content (AvgIpc) is 2.72. The molecule has 1 saturated heterocycles. The first-order valence-electron chi connectivity index (χ1n) is 10.7. The molecule has 1 amide bonds. The summed E-state index contributed by atoms with van der Waals surface area (Å²) in [7, 11) is 0. The molecule has 150 valence electrons. The van der Waals surface area contributed by atoms with Crippen molar-refractivity contribution in [3.63, 3.8) is 0 Å². The fourth-order valence-electron chi connectivity index (χ4n) is 5.05. The standard InChI is InChI=1S/C23H29NO4/c25-20-17-10-7-11-18(20)15-19(14-17)23(27)28-21(16-8-3-1-4-9-16)22(26)24-12-5-2-6-13-24/h1,3-4,8-9,17-19,21H,2,5-7,10-15H2/t17-,18+,19?,21-/m1/s1. The van der Waals surface area contributed by atoms with Gasteiger partial charge in [0.05, 0.1) is 5.92 Å². The second-order valence-corrected chi connectivity index (χ2v) is 8.51. The van der Waals surface area contributed by atoms with Crippen LogP contribution in [0.25, 0.3) is 0 Å². The van der Waals surface area contributed by atoms with Gasteiger partial charge in [-0.3, -0.25) is 14.4 Å². The summed E-state index contributed by atoms with van der Waals surface area (Å²) in [6.07, 6.45) is 6.24. The number of carbonyl (C=O) groups excluding carboxylic acids is 3. The molecule has 2 saturated carbocycles. The van der Waals surface area contributed by atoms with Gasteiger partial charge in [-0.15, -0.1) is 0 Å². The normalized spacial score (nSPS) is 28.5. The van der Waals surface area contributed by atoms with E-state index in [1.165, 1.54) is 0 Å². The molecule has 2 bridgehead atoms. The van der Waals surface area contributed by atoms with E-state index in [1.54, 1.807) is 0 Å². The highest BCUT2D eigenvalue weighted by molar-refractivity contribution is 5.89. The van der Waals surface area contributed by atoms with Crippen molar-refractivity contribution in [2.75, 3.05) is 13.1 Å². The quantitative estimate of drug-likeness (QED) is 0.744. The Kier molecular flexibility index (Phi) is 5.79. The van der Waals surface area contributed by atoms with Crippen LogP contribution in [-0.2, 0) is 19.1 Å². The van der Waals surface area contributed by atoms with Crippen LogP contribution in [0.1, 0.15) is 63.0 Å². The van der Waals surface area contributed by atoms with E-state index >= 15 is 0 Å². The number of hydrogen-bond acceptors (Lipinski definition) is 4. The van der Waals surface area contributed by atoms with Crippen LogP contribution in [0.5, 0.6) is 0 Å². The van der Waals surface area contributed by atoms with Crippen molar-refractivity contribution in [3.8, 4) is 0 Å². The molecule has 0 aromatic heterocycles. The Balaban J connectivity index is 1.50.